The van der Waals surface area contributed by atoms with Crippen molar-refractivity contribution in [2.75, 3.05) is 33.2 Å². The molecule has 0 bridgehead atoms. The zero-order chi connectivity index (χ0) is 20.5. The van der Waals surface area contributed by atoms with Crippen molar-refractivity contribution >= 4 is 17.2 Å². The molecule has 1 fully saturated rings. The maximum Gasteiger partial charge on any atom is 0.137 e. The van der Waals surface area contributed by atoms with E-state index in [0.717, 1.165) is 54.7 Å². The Morgan fingerprint density at radius 1 is 0.800 bits per heavy atom. The molecule has 0 N–H and O–H groups in total. The Morgan fingerprint density at radius 2 is 1.50 bits per heavy atom. The van der Waals surface area contributed by atoms with E-state index in [1.54, 1.807) is 0 Å². The van der Waals surface area contributed by atoms with Gasteiger partial charge in [0, 0.05) is 49.5 Å². The molecular formula is C25H25ClN4. The van der Waals surface area contributed by atoms with Crippen LogP contribution < -0.4 is 0 Å². The standard InChI is InChI=1S/C25H25ClN4/c1-28-13-15-29(16-14-28)18-23-25(20-7-10-22(26)11-8-20)27-24-12-9-21(17-30(23)24)19-5-3-2-4-6-19/h2-12,17H,13-16,18H2,1H3. The lowest BCUT2D eigenvalue weighted by atomic mass is 10.1. The molecule has 0 spiro atoms. The quantitative estimate of drug-likeness (QED) is 0.464. The Kier molecular flexibility index (Phi) is 5.30. The highest BCUT2D eigenvalue weighted by Crippen LogP contribution is 2.29. The van der Waals surface area contributed by atoms with E-state index in [2.05, 4.69) is 82.0 Å². The monoisotopic (exact) mass is 416 g/mol. The van der Waals surface area contributed by atoms with Gasteiger partial charge in [-0.25, -0.2) is 4.98 Å². The smallest absolute Gasteiger partial charge is 0.137 e. The average molecular weight is 417 g/mol. The van der Waals surface area contributed by atoms with Crippen molar-refractivity contribution in [3.05, 3.63) is 83.6 Å². The fraction of sp³-hybridized carbons (Fsp3) is 0.240. The Morgan fingerprint density at radius 3 is 2.23 bits per heavy atom. The van der Waals surface area contributed by atoms with Crippen molar-refractivity contribution in [1.82, 2.24) is 19.2 Å². The summed E-state index contributed by atoms with van der Waals surface area (Å²) in [5.41, 5.74) is 6.76. The van der Waals surface area contributed by atoms with E-state index in [1.807, 2.05) is 12.1 Å². The first kappa shape index (κ1) is 19.3. The molecule has 1 saturated heterocycles. The molecule has 1 aliphatic heterocycles. The van der Waals surface area contributed by atoms with E-state index in [-0.39, 0.29) is 0 Å². The van der Waals surface area contributed by atoms with Crippen molar-refractivity contribution in [1.29, 1.82) is 0 Å². The summed E-state index contributed by atoms with van der Waals surface area (Å²) in [6.07, 6.45) is 2.22. The van der Waals surface area contributed by atoms with Gasteiger partial charge in [-0.05, 0) is 42.4 Å². The van der Waals surface area contributed by atoms with E-state index in [1.165, 1.54) is 16.8 Å². The number of imidazole rings is 1. The molecule has 0 amide bonds. The molecule has 1 aliphatic rings. The van der Waals surface area contributed by atoms with Crippen LogP contribution in [0.1, 0.15) is 5.69 Å². The zero-order valence-electron chi connectivity index (χ0n) is 17.1. The van der Waals surface area contributed by atoms with Crippen molar-refractivity contribution in [2.24, 2.45) is 0 Å². The largest absolute Gasteiger partial charge is 0.304 e. The minimum absolute atomic E-state index is 0.745. The molecule has 0 saturated carbocycles. The molecule has 0 radical (unpaired) electrons. The number of hydrogen-bond donors (Lipinski definition) is 0. The SMILES string of the molecule is CN1CCN(Cc2c(-c3ccc(Cl)cc3)nc3ccc(-c4ccccc4)cn23)CC1. The van der Waals surface area contributed by atoms with E-state index in [0.29, 0.717) is 0 Å². The number of fused-ring (bicyclic) bond motifs is 1. The normalized spacial score (nSPS) is 15.7. The maximum absolute atomic E-state index is 6.14. The number of pyridine rings is 1. The second kappa shape index (κ2) is 8.23. The molecule has 4 aromatic rings. The van der Waals surface area contributed by atoms with Crippen LogP contribution in [0, 0.1) is 0 Å². The molecular weight excluding hydrogens is 392 g/mol. The maximum atomic E-state index is 6.14. The third-order valence-electron chi connectivity index (χ3n) is 5.91. The first-order valence-corrected chi connectivity index (χ1v) is 10.8. The number of piperazine rings is 1. The van der Waals surface area contributed by atoms with Crippen LogP contribution in [0.25, 0.3) is 28.0 Å². The first-order valence-electron chi connectivity index (χ1n) is 10.4. The van der Waals surface area contributed by atoms with Crippen LogP contribution in [0.3, 0.4) is 0 Å². The van der Waals surface area contributed by atoms with Crippen LogP contribution >= 0.6 is 11.6 Å². The highest BCUT2D eigenvalue weighted by molar-refractivity contribution is 6.30. The number of likely N-dealkylation sites (N-methyl/N-ethyl adjacent to an activating group) is 1. The Hall–Kier alpha value is -2.66. The first-order chi connectivity index (χ1) is 14.7. The minimum Gasteiger partial charge on any atom is -0.304 e. The Labute approximate surface area is 182 Å². The molecule has 2 aromatic heterocycles. The van der Waals surface area contributed by atoms with E-state index in [4.69, 9.17) is 16.6 Å². The fourth-order valence-corrected chi connectivity index (χ4v) is 4.23. The number of halogens is 1. The zero-order valence-corrected chi connectivity index (χ0v) is 17.9. The number of nitrogens with zero attached hydrogens (tertiary/aromatic N) is 4. The minimum atomic E-state index is 0.745. The van der Waals surface area contributed by atoms with Crippen molar-refractivity contribution in [2.45, 2.75) is 6.54 Å². The number of benzene rings is 2. The predicted molar refractivity (Wildman–Crippen MR) is 124 cm³/mol. The van der Waals surface area contributed by atoms with Crippen molar-refractivity contribution in [3.8, 4) is 22.4 Å². The third-order valence-corrected chi connectivity index (χ3v) is 6.16. The van der Waals surface area contributed by atoms with Gasteiger partial charge < -0.3 is 9.30 Å². The third kappa shape index (κ3) is 3.86. The Bertz CT molecular complexity index is 1140. The number of hydrogen-bond acceptors (Lipinski definition) is 3. The molecule has 4 nitrogen and oxygen atoms in total. The lowest BCUT2D eigenvalue weighted by Crippen LogP contribution is -2.44. The van der Waals surface area contributed by atoms with Gasteiger partial charge in [-0.2, -0.15) is 0 Å². The summed E-state index contributed by atoms with van der Waals surface area (Å²) in [6, 6.07) is 22.8. The second-order valence-corrected chi connectivity index (χ2v) is 8.44. The lowest BCUT2D eigenvalue weighted by molar-refractivity contribution is 0.147. The van der Waals surface area contributed by atoms with Crippen LogP contribution in [-0.4, -0.2) is 52.4 Å². The van der Waals surface area contributed by atoms with E-state index in [9.17, 15) is 0 Å². The average Bonchev–Trinajstić information content (AvgIpc) is 3.14. The van der Waals surface area contributed by atoms with E-state index >= 15 is 0 Å². The van der Waals surface area contributed by atoms with E-state index < -0.39 is 0 Å². The van der Waals surface area contributed by atoms with Crippen LogP contribution in [0.15, 0.2) is 72.9 Å². The molecule has 0 unspecified atom stereocenters. The fourth-order valence-electron chi connectivity index (χ4n) is 4.10. The molecule has 5 heteroatoms. The lowest BCUT2D eigenvalue weighted by Gasteiger charge is -2.32. The van der Waals surface area contributed by atoms with Gasteiger partial charge in [0.25, 0.3) is 0 Å². The molecule has 3 heterocycles. The number of aromatic nitrogens is 2. The highest BCUT2D eigenvalue weighted by Gasteiger charge is 2.20. The summed E-state index contributed by atoms with van der Waals surface area (Å²) in [6.45, 7) is 5.22. The van der Waals surface area contributed by atoms with Crippen LogP contribution in [0.4, 0.5) is 0 Å². The summed E-state index contributed by atoms with van der Waals surface area (Å²) < 4.78 is 2.27. The Balaban J connectivity index is 1.61. The summed E-state index contributed by atoms with van der Waals surface area (Å²) in [7, 11) is 2.19. The summed E-state index contributed by atoms with van der Waals surface area (Å²) >= 11 is 6.14. The molecule has 0 aliphatic carbocycles. The van der Waals surface area contributed by atoms with Crippen molar-refractivity contribution < 1.29 is 0 Å². The molecule has 5 rings (SSSR count). The van der Waals surface area contributed by atoms with Crippen LogP contribution in [0.2, 0.25) is 5.02 Å². The topological polar surface area (TPSA) is 23.8 Å². The molecule has 0 atom stereocenters. The molecule has 30 heavy (non-hydrogen) atoms. The summed E-state index contributed by atoms with van der Waals surface area (Å²) in [4.78, 5) is 9.92. The molecule has 152 valence electrons. The highest BCUT2D eigenvalue weighted by atomic mass is 35.5. The van der Waals surface area contributed by atoms with Crippen molar-refractivity contribution in [3.63, 3.8) is 0 Å². The van der Waals surface area contributed by atoms with Gasteiger partial charge in [0.1, 0.15) is 5.65 Å². The van der Waals surface area contributed by atoms with Gasteiger partial charge in [0.05, 0.1) is 11.4 Å². The van der Waals surface area contributed by atoms with Gasteiger partial charge in [-0.3, -0.25) is 4.90 Å². The summed E-state index contributed by atoms with van der Waals surface area (Å²) in [5, 5.41) is 0.745. The molecule has 2 aromatic carbocycles. The van der Waals surface area contributed by atoms with Gasteiger partial charge in [0.15, 0.2) is 0 Å². The van der Waals surface area contributed by atoms with Gasteiger partial charge >= 0.3 is 0 Å². The van der Waals surface area contributed by atoms with Crippen LogP contribution in [0.5, 0.6) is 0 Å². The van der Waals surface area contributed by atoms with Gasteiger partial charge in [-0.15, -0.1) is 0 Å². The van der Waals surface area contributed by atoms with Gasteiger partial charge in [-0.1, -0.05) is 54.1 Å². The summed E-state index contributed by atoms with van der Waals surface area (Å²) in [5.74, 6) is 0. The van der Waals surface area contributed by atoms with Gasteiger partial charge in [0.2, 0.25) is 0 Å². The predicted octanol–water partition coefficient (Wildman–Crippen LogP) is 5.07. The second-order valence-electron chi connectivity index (χ2n) is 8.01. The number of rotatable bonds is 4. The van der Waals surface area contributed by atoms with Crippen LogP contribution in [-0.2, 0) is 6.54 Å².